The lowest BCUT2D eigenvalue weighted by molar-refractivity contribution is -0.180. The summed E-state index contributed by atoms with van der Waals surface area (Å²) in [6, 6.07) is 1.86. The summed E-state index contributed by atoms with van der Waals surface area (Å²) in [5, 5.41) is 8.95. The van der Waals surface area contributed by atoms with Crippen molar-refractivity contribution in [1.29, 1.82) is 5.26 Å². The summed E-state index contributed by atoms with van der Waals surface area (Å²) in [6.45, 7) is 1.22. The first-order valence-electron chi connectivity index (χ1n) is 6.66. The molecule has 1 saturated heterocycles. The molecule has 118 valence electrons. The van der Waals surface area contributed by atoms with Gasteiger partial charge < -0.3 is 14.2 Å². The lowest BCUT2D eigenvalue weighted by Crippen LogP contribution is -2.61. The van der Waals surface area contributed by atoms with Crippen molar-refractivity contribution in [1.82, 2.24) is 4.90 Å². The monoisotopic (exact) mass is 308 g/mol. The van der Waals surface area contributed by atoms with Gasteiger partial charge in [0, 0.05) is 19.3 Å². The van der Waals surface area contributed by atoms with Crippen LogP contribution in [0.3, 0.4) is 0 Å². The van der Waals surface area contributed by atoms with E-state index < -0.39 is 29.6 Å². The van der Waals surface area contributed by atoms with Gasteiger partial charge in [0.2, 0.25) is 11.4 Å². The number of fused-ring (bicyclic) bond motifs is 1. The highest BCUT2D eigenvalue weighted by atomic mass is 16.6. The Morgan fingerprint density at radius 2 is 1.95 bits per heavy atom. The fraction of sp³-hybridized carbons (Fsp3) is 0.571. The molecule has 0 aromatic rings. The van der Waals surface area contributed by atoms with E-state index in [0.717, 1.165) is 19.1 Å². The van der Waals surface area contributed by atoms with Gasteiger partial charge in [-0.15, -0.1) is 0 Å². The third-order valence-electron chi connectivity index (χ3n) is 3.98. The summed E-state index contributed by atoms with van der Waals surface area (Å²) < 4.78 is 14.9. The van der Waals surface area contributed by atoms with Crippen LogP contribution in [0.25, 0.3) is 0 Å². The van der Waals surface area contributed by atoms with E-state index >= 15 is 0 Å². The molecule has 0 saturated carbocycles. The Kier molecular flexibility index (Phi) is 4.08. The quantitative estimate of drug-likeness (QED) is 0.526. The second-order valence-corrected chi connectivity index (χ2v) is 5.12. The zero-order chi connectivity index (χ0) is 16.5. The van der Waals surface area contributed by atoms with Crippen molar-refractivity contribution in [3.63, 3.8) is 0 Å². The summed E-state index contributed by atoms with van der Waals surface area (Å²) in [7, 11) is 2.26. The molecule has 0 aliphatic carbocycles. The first-order chi connectivity index (χ1) is 10.4. The third-order valence-corrected chi connectivity index (χ3v) is 3.98. The zero-order valence-corrected chi connectivity index (χ0v) is 12.5. The molecule has 8 heteroatoms. The van der Waals surface area contributed by atoms with E-state index in [0.29, 0.717) is 6.42 Å². The van der Waals surface area contributed by atoms with Crippen LogP contribution in [-0.4, -0.2) is 48.7 Å². The minimum atomic E-state index is -1.89. The topological polar surface area (TPSA) is 106 Å². The van der Waals surface area contributed by atoms with Gasteiger partial charge in [0.15, 0.2) is 12.0 Å². The highest BCUT2D eigenvalue weighted by Gasteiger charge is 2.65. The molecule has 0 spiro atoms. The van der Waals surface area contributed by atoms with Crippen LogP contribution in [0.1, 0.15) is 19.8 Å². The molecule has 0 bridgehead atoms. The molecule has 2 atom stereocenters. The number of esters is 2. The fourth-order valence-corrected chi connectivity index (χ4v) is 3.10. The number of carbonyl (C=O) groups excluding carboxylic acids is 3. The van der Waals surface area contributed by atoms with Gasteiger partial charge in [0.25, 0.3) is 0 Å². The van der Waals surface area contributed by atoms with E-state index in [2.05, 4.69) is 0 Å². The predicted octanol–water partition coefficient (Wildman–Crippen LogP) is 0.0935. The van der Waals surface area contributed by atoms with Crippen LogP contribution in [0.2, 0.25) is 0 Å². The fourth-order valence-electron chi connectivity index (χ4n) is 3.10. The normalized spacial score (nSPS) is 25.2. The van der Waals surface area contributed by atoms with Crippen molar-refractivity contribution in [3.05, 3.63) is 11.8 Å². The van der Waals surface area contributed by atoms with Crippen molar-refractivity contribution in [2.45, 2.75) is 31.5 Å². The Morgan fingerprint density at radius 1 is 1.36 bits per heavy atom. The average molecular weight is 308 g/mol. The van der Waals surface area contributed by atoms with E-state index in [-0.39, 0.29) is 18.1 Å². The zero-order valence-electron chi connectivity index (χ0n) is 12.5. The molecule has 2 aliphatic rings. The second kappa shape index (κ2) is 5.67. The molecule has 0 aromatic carbocycles. The molecule has 1 fully saturated rings. The molecule has 0 N–H and O–H groups in total. The number of hydrogen-bond donors (Lipinski definition) is 0. The molecular formula is C14H16N2O6. The molecule has 8 nitrogen and oxygen atoms in total. The Hall–Kier alpha value is -2.56. The number of rotatable bonds is 2. The minimum Gasteiger partial charge on any atom is -0.467 e. The molecule has 0 radical (unpaired) electrons. The Bertz CT molecular complexity index is 575. The summed E-state index contributed by atoms with van der Waals surface area (Å²) in [6.07, 6.45) is 1.12. The number of hydrogen-bond acceptors (Lipinski definition) is 7. The number of nitriles is 1. The maximum atomic E-state index is 12.3. The van der Waals surface area contributed by atoms with Gasteiger partial charge in [-0.05, 0) is 12.5 Å². The molecule has 2 heterocycles. The van der Waals surface area contributed by atoms with Gasteiger partial charge in [0.05, 0.1) is 14.2 Å². The van der Waals surface area contributed by atoms with E-state index in [1.54, 1.807) is 6.08 Å². The van der Waals surface area contributed by atoms with E-state index in [1.165, 1.54) is 6.92 Å². The number of nitrogens with zero attached hydrogens (tertiary/aromatic N) is 2. The maximum absolute atomic E-state index is 12.3. The van der Waals surface area contributed by atoms with Crippen LogP contribution in [0, 0.1) is 17.2 Å². The van der Waals surface area contributed by atoms with Crippen molar-refractivity contribution >= 4 is 17.8 Å². The Balaban J connectivity index is 2.52. The number of methoxy groups -OCH3 is 2. The lowest BCUT2D eigenvalue weighted by atomic mass is 9.89. The van der Waals surface area contributed by atoms with E-state index in [9.17, 15) is 14.4 Å². The van der Waals surface area contributed by atoms with Gasteiger partial charge in [-0.25, -0.2) is 9.59 Å². The van der Waals surface area contributed by atoms with E-state index in [4.69, 9.17) is 19.5 Å². The largest absolute Gasteiger partial charge is 0.467 e. The van der Waals surface area contributed by atoms with Crippen molar-refractivity contribution in [2.24, 2.45) is 5.92 Å². The maximum Gasteiger partial charge on any atom is 0.343 e. The predicted molar refractivity (Wildman–Crippen MR) is 70.6 cm³/mol. The van der Waals surface area contributed by atoms with Gasteiger partial charge >= 0.3 is 11.9 Å². The lowest BCUT2D eigenvalue weighted by Gasteiger charge is -2.36. The van der Waals surface area contributed by atoms with Crippen LogP contribution in [0.5, 0.6) is 0 Å². The van der Waals surface area contributed by atoms with Gasteiger partial charge in [-0.2, -0.15) is 5.26 Å². The summed E-state index contributed by atoms with van der Waals surface area (Å²) in [5.74, 6) is -2.56. The van der Waals surface area contributed by atoms with Crippen molar-refractivity contribution in [3.8, 4) is 6.07 Å². The molecule has 2 rings (SSSR count). The number of likely N-dealkylation sites (tertiary alicyclic amines) is 1. The SMILES string of the molecule is COC(=O)C1(C(=O)OC)CC2CC=C(C#N)OC2N1C(C)=O. The second-order valence-electron chi connectivity index (χ2n) is 5.12. The van der Waals surface area contributed by atoms with Crippen LogP contribution in [0.4, 0.5) is 0 Å². The van der Waals surface area contributed by atoms with Crippen LogP contribution in [0.15, 0.2) is 11.8 Å². The molecule has 0 aromatic heterocycles. The van der Waals surface area contributed by atoms with Crippen molar-refractivity contribution < 1.29 is 28.6 Å². The van der Waals surface area contributed by atoms with E-state index in [1.807, 2.05) is 6.07 Å². The summed E-state index contributed by atoms with van der Waals surface area (Å²) in [4.78, 5) is 37.7. The van der Waals surface area contributed by atoms with Crippen LogP contribution >= 0.6 is 0 Å². The first kappa shape index (κ1) is 15.8. The first-order valence-corrected chi connectivity index (χ1v) is 6.66. The molecular weight excluding hydrogens is 292 g/mol. The Morgan fingerprint density at radius 3 is 2.41 bits per heavy atom. The molecule has 22 heavy (non-hydrogen) atoms. The molecule has 2 aliphatic heterocycles. The average Bonchev–Trinajstić information content (AvgIpc) is 2.88. The smallest absolute Gasteiger partial charge is 0.343 e. The number of ether oxygens (including phenoxy) is 3. The van der Waals surface area contributed by atoms with Gasteiger partial charge in [-0.1, -0.05) is 0 Å². The highest BCUT2D eigenvalue weighted by molar-refractivity contribution is 6.08. The standard InChI is InChI=1S/C14H16N2O6/c1-8(17)16-11-9(4-5-10(7-15)22-11)6-14(16,12(18)20-2)13(19)21-3/h5,9,11H,4,6H2,1-3H3. The number of amides is 1. The summed E-state index contributed by atoms with van der Waals surface area (Å²) >= 11 is 0. The minimum absolute atomic E-state index is 0.0196. The molecule has 1 amide bonds. The number of allylic oxidation sites excluding steroid dienone is 2. The van der Waals surface area contributed by atoms with Crippen molar-refractivity contribution in [2.75, 3.05) is 14.2 Å². The highest BCUT2D eigenvalue weighted by Crippen LogP contribution is 2.45. The third kappa shape index (κ3) is 2.09. The Labute approximate surface area is 127 Å². The number of carbonyl (C=O) groups is 3. The van der Waals surface area contributed by atoms with Crippen LogP contribution in [-0.2, 0) is 28.6 Å². The van der Waals surface area contributed by atoms with Gasteiger partial charge in [-0.3, -0.25) is 9.69 Å². The van der Waals surface area contributed by atoms with Gasteiger partial charge in [0.1, 0.15) is 6.07 Å². The van der Waals surface area contributed by atoms with Crippen LogP contribution < -0.4 is 0 Å². The molecule has 2 unspecified atom stereocenters. The summed E-state index contributed by atoms with van der Waals surface area (Å²) in [5.41, 5.74) is -1.89.